The van der Waals surface area contributed by atoms with E-state index in [1.807, 2.05) is 48.0 Å². The Balaban J connectivity index is 1.95. The Labute approximate surface area is 177 Å². The van der Waals surface area contributed by atoms with Gasteiger partial charge < -0.3 is 0 Å². The minimum atomic E-state index is -0.480. The zero-order valence-electron chi connectivity index (χ0n) is 16.4. The molecule has 29 heavy (non-hydrogen) atoms. The van der Waals surface area contributed by atoms with Gasteiger partial charge in [0.2, 0.25) is 11.1 Å². The van der Waals surface area contributed by atoms with E-state index in [4.69, 9.17) is 5.10 Å². The molecule has 8 heteroatoms. The first kappa shape index (κ1) is 19.8. The highest BCUT2D eigenvalue weighted by Gasteiger charge is 2.45. The molecule has 150 valence electrons. The van der Waals surface area contributed by atoms with E-state index in [1.165, 1.54) is 11.8 Å². The number of nitrogens with one attached hydrogen (secondary N) is 1. The quantitative estimate of drug-likeness (QED) is 0.367. The zero-order chi connectivity index (χ0) is 20.4. The van der Waals surface area contributed by atoms with E-state index in [9.17, 15) is 9.59 Å². The van der Waals surface area contributed by atoms with Gasteiger partial charge in [0, 0.05) is 22.7 Å². The van der Waals surface area contributed by atoms with Crippen molar-refractivity contribution < 1.29 is 9.48 Å². The maximum atomic E-state index is 13.1. The summed E-state index contributed by atoms with van der Waals surface area (Å²) in [6.07, 6.45) is 2.02. The third kappa shape index (κ3) is 3.62. The second kappa shape index (κ2) is 8.51. The van der Waals surface area contributed by atoms with Crippen LogP contribution in [0.25, 0.3) is 11.3 Å². The van der Waals surface area contributed by atoms with E-state index >= 15 is 0 Å². The monoisotopic (exact) mass is 427 g/mol. The van der Waals surface area contributed by atoms with Crippen LogP contribution >= 0.6 is 23.1 Å². The molecular formula is C21H23N4O2S2+. The molecule has 0 fully saturated rings. The van der Waals surface area contributed by atoms with Crippen LogP contribution in [0.3, 0.4) is 0 Å². The number of aromatic amines is 1. The lowest BCUT2D eigenvalue weighted by Gasteiger charge is -2.31. The number of para-hydroxylation sites is 1. The Morgan fingerprint density at radius 2 is 2.14 bits per heavy atom. The van der Waals surface area contributed by atoms with Crippen LogP contribution < -0.4 is 15.1 Å². The molecule has 4 rings (SSSR count). The number of aromatic nitrogens is 3. The number of nitrogens with zero attached hydrogens (tertiary/aromatic N) is 3. The molecule has 0 spiro atoms. The number of thiophene rings is 1. The standard InChI is InChI=1S/C21H22N4O2S2/c1-3-5-11-29-21-22-19(27)18-15-8-6-7-9-16(15)24(17(26)4-2)20(25(18)23-21)14-10-12-28-13-14/h6-10,12-13,20H,3-5,11H2,1-2H3/p+1. The number of carbonyl (C=O) groups excluding carboxylic acids is 1. The number of benzene rings is 1. The van der Waals surface area contributed by atoms with Crippen LogP contribution in [-0.4, -0.2) is 21.7 Å². The van der Waals surface area contributed by atoms with Gasteiger partial charge in [-0.3, -0.25) is 14.6 Å². The van der Waals surface area contributed by atoms with Gasteiger partial charge in [-0.25, -0.2) is 4.90 Å². The fourth-order valence-electron chi connectivity index (χ4n) is 3.51. The third-order valence-corrected chi connectivity index (χ3v) is 6.56. The number of hydrogen-bond acceptors (Lipinski definition) is 5. The molecule has 1 amide bonds. The Kier molecular flexibility index (Phi) is 5.82. The Bertz CT molecular complexity index is 1080. The number of fused-ring (bicyclic) bond motifs is 3. The number of hydrogen-bond donors (Lipinski definition) is 1. The summed E-state index contributed by atoms with van der Waals surface area (Å²) in [5.41, 5.74) is 2.71. The molecular weight excluding hydrogens is 404 g/mol. The largest absolute Gasteiger partial charge is 0.325 e. The van der Waals surface area contributed by atoms with E-state index in [1.54, 1.807) is 20.9 Å². The summed E-state index contributed by atoms with van der Waals surface area (Å²) in [5.74, 6) is 0.880. The van der Waals surface area contributed by atoms with E-state index in [0.29, 0.717) is 17.3 Å². The van der Waals surface area contributed by atoms with Crippen LogP contribution in [0.2, 0.25) is 0 Å². The lowest BCUT2D eigenvalue weighted by molar-refractivity contribution is -0.763. The number of anilines is 1. The minimum absolute atomic E-state index is 0.00549. The topological polar surface area (TPSA) is 69.9 Å². The van der Waals surface area contributed by atoms with Crippen LogP contribution in [0.4, 0.5) is 5.69 Å². The maximum absolute atomic E-state index is 13.1. The van der Waals surface area contributed by atoms with Crippen molar-refractivity contribution in [1.82, 2.24) is 10.1 Å². The molecule has 1 atom stereocenters. The molecule has 0 radical (unpaired) electrons. The van der Waals surface area contributed by atoms with Crippen molar-refractivity contribution >= 4 is 34.7 Å². The molecule has 1 N–H and O–H groups in total. The Hall–Kier alpha value is -2.45. The van der Waals surface area contributed by atoms with E-state index in [2.05, 4.69) is 11.9 Å². The van der Waals surface area contributed by atoms with Gasteiger partial charge in [-0.05, 0) is 34.7 Å². The number of H-pyrrole nitrogens is 1. The molecule has 0 saturated heterocycles. The lowest BCUT2D eigenvalue weighted by atomic mass is 10.0. The predicted octanol–water partition coefficient (Wildman–Crippen LogP) is 3.98. The van der Waals surface area contributed by atoms with Gasteiger partial charge in [-0.2, -0.15) is 11.3 Å². The minimum Gasteiger partial charge on any atom is -0.291 e. The zero-order valence-corrected chi connectivity index (χ0v) is 18.1. The molecule has 1 aliphatic heterocycles. The molecule has 6 nitrogen and oxygen atoms in total. The number of carbonyl (C=O) groups is 1. The van der Waals surface area contributed by atoms with Crippen molar-refractivity contribution in [3.63, 3.8) is 0 Å². The van der Waals surface area contributed by atoms with Crippen molar-refractivity contribution in [3.05, 3.63) is 57.0 Å². The fourth-order valence-corrected chi connectivity index (χ4v) is 5.12. The summed E-state index contributed by atoms with van der Waals surface area (Å²) in [6.45, 7) is 3.99. The van der Waals surface area contributed by atoms with Gasteiger partial charge in [0.05, 0.1) is 16.8 Å². The lowest BCUT2D eigenvalue weighted by Crippen LogP contribution is -2.60. The van der Waals surface area contributed by atoms with Crippen molar-refractivity contribution in [2.45, 2.75) is 44.4 Å². The van der Waals surface area contributed by atoms with Crippen LogP contribution in [0.15, 0.2) is 51.0 Å². The molecule has 3 aromatic rings. The first-order chi connectivity index (χ1) is 14.2. The van der Waals surface area contributed by atoms with Gasteiger partial charge in [-0.15, -0.1) is 0 Å². The van der Waals surface area contributed by atoms with Gasteiger partial charge in [0.15, 0.2) is 0 Å². The summed E-state index contributed by atoms with van der Waals surface area (Å²) in [6, 6.07) is 9.54. The number of rotatable bonds is 6. The molecule has 1 unspecified atom stereocenters. The molecule has 0 aliphatic carbocycles. The van der Waals surface area contributed by atoms with Crippen LogP contribution in [-0.2, 0) is 4.79 Å². The molecule has 1 aliphatic rings. The summed E-state index contributed by atoms with van der Waals surface area (Å²) < 4.78 is 1.73. The third-order valence-electron chi connectivity index (χ3n) is 4.91. The summed E-state index contributed by atoms with van der Waals surface area (Å²) in [4.78, 5) is 30.8. The second-order valence-corrected chi connectivity index (χ2v) is 8.68. The first-order valence-corrected chi connectivity index (χ1v) is 11.7. The summed E-state index contributed by atoms with van der Waals surface area (Å²) in [5, 5.41) is 9.36. The fraction of sp³-hybridized carbons (Fsp3) is 0.333. The van der Waals surface area contributed by atoms with Crippen LogP contribution in [0, 0.1) is 0 Å². The van der Waals surface area contributed by atoms with E-state index in [0.717, 1.165) is 35.4 Å². The average Bonchev–Trinajstić information content (AvgIpc) is 3.26. The Morgan fingerprint density at radius 3 is 2.86 bits per heavy atom. The van der Waals surface area contributed by atoms with E-state index in [-0.39, 0.29) is 11.5 Å². The second-order valence-electron chi connectivity index (χ2n) is 6.82. The highest BCUT2D eigenvalue weighted by Crippen LogP contribution is 2.37. The van der Waals surface area contributed by atoms with Crippen LogP contribution in [0.1, 0.15) is 44.8 Å². The van der Waals surface area contributed by atoms with Gasteiger partial charge in [0.25, 0.3) is 6.17 Å². The molecule has 1 aromatic carbocycles. The van der Waals surface area contributed by atoms with Gasteiger partial charge >= 0.3 is 11.3 Å². The van der Waals surface area contributed by atoms with Crippen molar-refractivity contribution in [2.24, 2.45) is 0 Å². The average molecular weight is 428 g/mol. The molecule has 0 saturated carbocycles. The smallest absolute Gasteiger partial charge is 0.291 e. The van der Waals surface area contributed by atoms with Crippen molar-refractivity contribution in [2.75, 3.05) is 10.7 Å². The Morgan fingerprint density at radius 1 is 1.31 bits per heavy atom. The van der Waals surface area contributed by atoms with E-state index < -0.39 is 6.17 Å². The number of unbranched alkanes of at least 4 members (excludes halogenated alkanes) is 1. The van der Waals surface area contributed by atoms with Crippen LogP contribution in [0.5, 0.6) is 0 Å². The normalized spacial score (nSPS) is 15.1. The summed E-state index contributed by atoms with van der Waals surface area (Å²) >= 11 is 3.11. The van der Waals surface area contributed by atoms with Gasteiger partial charge in [-0.1, -0.05) is 44.2 Å². The number of amides is 1. The highest BCUT2D eigenvalue weighted by atomic mass is 32.2. The van der Waals surface area contributed by atoms with Crippen molar-refractivity contribution in [1.29, 1.82) is 0 Å². The SMILES string of the molecule is CCCCSc1n[n+]2c(c(=O)[nH]1)-c1ccccc1N(C(=O)CC)C2c1ccsc1. The highest BCUT2D eigenvalue weighted by molar-refractivity contribution is 7.99. The molecule has 0 bridgehead atoms. The summed E-state index contributed by atoms with van der Waals surface area (Å²) in [7, 11) is 0. The predicted molar refractivity (Wildman–Crippen MR) is 116 cm³/mol. The maximum Gasteiger partial charge on any atom is 0.325 e. The molecule has 3 heterocycles. The first-order valence-electron chi connectivity index (χ1n) is 9.78. The number of thioether (sulfide) groups is 1. The van der Waals surface area contributed by atoms with Crippen molar-refractivity contribution in [3.8, 4) is 11.3 Å². The molecule has 2 aromatic heterocycles. The van der Waals surface area contributed by atoms with Gasteiger partial charge in [0.1, 0.15) is 0 Å².